The van der Waals surface area contributed by atoms with Gasteiger partial charge in [0, 0.05) is 0 Å². The van der Waals surface area contributed by atoms with Crippen molar-refractivity contribution in [1.29, 1.82) is 0 Å². The largest absolute Gasteiger partial charge is 0.0629 e. The molecule has 0 saturated carbocycles. The van der Waals surface area contributed by atoms with E-state index in [4.69, 9.17) is 27.4 Å². The first-order valence-electron chi connectivity index (χ1n) is 39.5. The van der Waals surface area contributed by atoms with Crippen LogP contribution < -0.4 is 0 Å². The van der Waals surface area contributed by atoms with Gasteiger partial charge in [-0.2, -0.15) is 0 Å². The van der Waals surface area contributed by atoms with Crippen LogP contribution in [0.3, 0.4) is 0 Å². The highest BCUT2D eigenvalue weighted by Crippen LogP contribution is 2.38. The lowest BCUT2D eigenvalue weighted by atomic mass is 9.73. The zero-order valence-corrected chi connectivity index (χ0v) is 59.0. The zero-order chi connectivity index (χ0) is 81.8. The summed E-state index contributed by atoms with van der Waals surface area (Å²) in [5, 5.41) is 0. The van der Waals surface area contributed by atoms with Gasteiger partial charge >= 0.3 is 0 Å². The molecule has 0 N–H and O–H groups in total. The first-order valence-corrected chi connectivity index (χ1v) is 29.5. The fourth-order valence-electron chi connectivity index (χ4n) is 8.47. The second kappa shape index (κ2) is 28.5. The molecular weight excluding hydrogens is 985 g/mol. The van der Waals surface area contributed by atoms with E-state index in [-0.39, 0.29) is 145 Å². The molecule has 0 aliphatic carbocycles. The Hall–Kier alpha value is -4.68. The SMILES string of the molecule is [2H]c1c(C(C)(C)C)c([2H])c(C(C)(C)C)c(C)c1C(C)(C)C.[2H]c1c(C)c([2H])c(C(C)(C)C)c([2H])c1C(C)(C)C.[2H]c1c([2H])c(C(C)(C)C)c(C)c(C(C)(C)C)c1[2H].[2H]c1c([2H])c(C(C)(C)C)c([2H])c([2H])c1C.[2H]c1c([2H])c(C)c([2H])c(C(C)(C)C)c1[2H].[2H]c1c([2H])c([2H])c(C(C)(C)C)c(C)c1[2H]. The lowest BCUT2D eigenvalue weighted by Gasteiger charge is -2.32. The summed E-state index contributed by atoms with van der Waals surface area (Å²) in [5.41, 5.74) is 10.3. The topological polar surface area (TPSA) is 0 Å². The van der Waals surface area contributed by atoms with E-state index in [1.807, 2.05) is 118 Å². The van der Waals surface area contributed by atoms with Gasteiger partial charge in [-0.05, 0) is 168 Å². The molecule has 0 saturated heterocycles. The number of hydrogen-bond donors (Lipinski definition) is 0. The quantitative estimate of drug-likeness (QED) is 0.142. The minimum absolute atomic E-state index is 0.00185. The van der Waals surface area contributed by atoms with Gasteiger partial charge in [-0.25, -0.2) is 0 Å². The Labute approximate surface area is 539 Å². The van der Waals surface area contributed by atoms with Crippen LogP contribution in [0.5, 0.6) is 0 Å². The Morgan fingerprint density at radius 3 is 0.841 bits per heavy atom. The first kappa shape index (κ1) is 47.6. The second-order valence-electron chi connectivity index (χ2n) is 32.5. The van der Waals surface area contributed by atoms with Gasteiger partial charge in [0.05, 0.1) is 27.4 Å². The van der Waals surface area contributed by atoms with Gasteiger partial charge in [-0.3, -0.25) is 0 Å². The van der Waals surface area contributed by atoms with E-state index in [2.05, 4.69) is 111 Å². The minimum Gasteiger partial charge on any atom is -0.0620 e. The van der Waals surface area contributed by atoms with Crippen molar-refractivity contribution in [2.75, 3.05) is 0 Å². The maximum absolute atomic E-state index is 8.72. The summed E-state index contributed by atoms with van der Waals surface area (Å²) in [6.45, 7) is 72.0. The van der Waals surface area contributed by atoms with Crippen LogP contribution in [0, 0.1) is 41.5 Å². The molecule has 0 aliphatic rings. The Bertz CT molecular complexity index is 3500. The molecule has 0 fully saturated rings. The van der Waals surface area contributed by atoms with Crippen molar-refractivity contribution in [2.24, 2.45) is 0 Å². The third kappa shape index (κ3) is 25.3. The summed E-state index contributed by atoms with van der Waals surface area (Å²) >= 11 is 0. The summed E-state index contributed by atoms with van der Waals surface area (Å²) in [6.07, 6.45) is 0. The van der Waals surface area contributed by atoms with Gasteiger partial charge in [-0.1, -0.05) is 345 Å². The molecule has 0 aromatic heterocycles. The van der Waals surface area contributed by atoms with E-state index >= 15 is 0 Å². The molecule has 0 amide bonds. The summed E-state index contributed by atoms with van der Waals surface area (Å²) in [6, 6.07) is 3.00. The van der Waals surface area contributed by atoms with Crippen LogP contribution in [0.2, 0.25) is 0 Å². The average molecular weight is 1130 g/mol. The molecule has 0 aliphatic heterocycles. The molecule has 0 heteroatoms. The van der Waals surface area contributed by atoms with Gasteiger partial charge in [0.2, 0.25) is 0 Å². The predicted molar refractivity (Wildman–Crippen MR) is 374 cm³/mol. The smallest absolute Gasteiger partial charge is 0.0620 e. The Morgan fingerprint density at radius 1 is 0.207 bits per heavy atom. The molecule has 0 spiro atoms. The molecule has 82 heavy (non-hydrogen) atoms. The normalized spacial score (nSPS) is 16.0. The summed E-state index contributed by atoms with van der Waals surface area (Å²) in [5.74, 6) is 0. The van der Waals surface area contributed by atoms with Gasteiger partial charge in [0.15, 0.2) is 0 Å². The maximum Gasteiger partial charge on any atom is 0.0629 e. The van der Waals surface area contributed by atoms with Gasteiger partial charge < -0.3 is 0 Å². The third-order valence-corrected chi connectivity index (χ3v) is 13.1. The highest BCUT2D eigenvalue weighted by molar-refractivity contribution is 5.47. The van der Waals surface area contributed by atoms with Crippen molar-refractivity contribution >= 4 is 0 Å². The van der Waals surface area contributed by atoms with Crippen molar-refractivity contribution in [2.45, 2.75) is 303 Å². The summed E-state index contributed by atoms with van der Waals surface area (Å²) in [4.78, 5) is 0. The molecule has 6 aromatic carbocycles. The Kier molecular flexibility index (Phi) is 16.5. The average Bonchev–Trinajstić information content (AvgIpc) is 0.757. The summed E-state index contributed by atoms with van der Waals surface area (Å²) < 4.78 is 159. The van der Waals surface area contributed by atoms with Gasteiger partial charge in [0.25, 0.3) is 0 Å². The molecule has 0 nitrogen and oxygen atoms in total. The van der Waals surface area contributed by atoms with Crippen LogP contribution in [0.4, 0.5) is 0 Å². The van der Waals surface area contributed by atoms with E-state index in [0.29, 0.717) is 69.2 Å². The van der Waals surface area contributed by atoms with Crippen molar-refractivity contribution in [3.63, 3.8) is 0 Å². The molecule has 0 radical (unpaired) electrons. The first-order chi connectivity index (χ1) is 44.9. The molecule has 0 bridgehead atoms. The fourth-order valence-corrected chi connectivity index (χ4v) is 8.47. The number of rotatable bonds is 0. The van der Waals surface area contributed by atoms with Crippen LogP contribution in [0.25, 0.3) is 0 Å². The van der Waals surface area contributed by atoms with Crippen LogP contribution in [-0.2, 0) is 54.1 Å². The van der Waals surface area contributed by atoms with Gasteiger partial charge in [0.1, 0.15) is 0 Å². The molecular formula is C82H128. The van der Waals surface area contributed by atoms with Crippen LogP contribution in [0.15, 0.2) is 121 Å². The van der Waals surface area contributed by atoms with Crippen molar-refractivity contribution in [3.05, 3.63) is 210 Å². The molecule has 0 atom stereocenters. The molecule has 0 heterocycles. The zero-order valence-electron chi connectivity index (χ0n) is 79.0. The lowest BCUT2D eigenvalue weighted by molar-refractivity contribution is 0.542. The van der Waals surface area contributed by atoms with Crippen LogP contribution in [-0.4, -0.2) is 0 Å². The standard InChI is InChI=1S/C19H32.2C15H24.3C11H16/c1-13-15(18(5,6)7)11-14(17(2,3)4)12-16(13)19(8,9)10;1-11-8-12(14(2,3)4)10-13(9-11)15(5,6)7;1-11-12(14(2,3)4)9-8-10-13(11)15(5,6)7;1-9-5-7-10(8-6-9)11(2,3)4;1-9-6-5-7-10(8-9)11(2,3)4;1-9-7-5-6-8-10(9)11(2,3)4/h11-12H,1-10H3;2*8-10H,1-7H3;3*5-8H,1-4H3/i11D,12D;2*8D,9D,10D;3*5D,6D,7D,8D. The van der Waals surface area contributed by atoms with Gasteiger partial charge in [-0.15, -0.1) is 0 Å². The van der Waals surface area contributed by atoms with Crippen molar-refractivity contribution in [3.8, 4) is 0 Å². The highest BCUT2D eigenvalue weighted by atomic mass is 14.3. The van der Waals surface area contributed by atoms with Crippen molar-refractivity contribution in [1.82, 2.24) is 0 Å². The van der Waals surface area contributed by atoms with Crippen LogP contribution >= 0.6 is 0 Å². The minimum atomic E-state index is -0.368. The Balaban J connectivity index is 0.000000615. The maximum atomic E-state index is 8.72. The number of benzene rings is 6. The van der Waals surface area contributed by atoms with E-state index in [1.165, 1.54) is 0 Å². The van der Waals surface area contributed by atoms with E-state index in [0.717, 1.165) is 50.1 Å². The molecule has 0 unspecified atom stereocenters. The second-order valence-corrected chi connectivity index (χ2v) is 32.5. The van der Waals surface area contributed by atoms with Crippen LogP contribution in [0.1, 0.15) is 324 Å². The number of hydrogen-bond acceptors (Lipinski definition) is 0. The van der Waals surface area contributed by atoms with E-state index in [9.17, 15) is 0 Å². The van der Waals surface area contributed by atoms with E-state index < -0.39 is 0 Å². The fraction of sp³-hybridized carbons (Fsp3) is 0.561. The summed E-state index contributed by atoms with van der Waals surface area (Å²) in [7, 11) is 0. The third-order valence-electron chi connectivity index (χ3n) is 13.1. The molecule has 456 valence electrons. The predicted octanol–water partition coefficient (Wildman–Crippen LogP) is 24.9. The highest BCUT2D eigenvalue weighted by Gasteiger charge is 2.28. The molecule has 6 aromatic rings. The monoisotopic (exact) mass is 1130 g/mol. The van der Waals surface area contributed by atoms with E-state index in [1.54, 1.807) is 20.8 Å². The van der Waals surface area contributed by atoms with Crippen molar-refractivity contribution < 1.29 is 27.4 Å². The lowest BCUT2D eigenvalue weighted by Crippen LogP contribution is -2.23. The molecule has 6 rings (SSSR count). The Morgan fingerprint density at radius 2 is 0.500 bits per heavy atom.